The van der Waals surface area contributed by atoms with Gasteiger partial charge in [-0.15, -0.1) is 0 Å². The standard InChI is InChI=1S/C28H30ClN/c1-20(2)14-15-24-25(29)16-17-26-27(24)28(21(3)30-26,18-22-10-6-4-7-11-22)19-23-12-8-5-9-13-23/h4-13,16-17,20H,14-15,18-19H2,1-3H3. The van der Waals surface area contributed by atoms with Gasteiger partial charge in [-0.2, -0.15) is 0 Å². The van der Waals surface area contributed by atoms with Crippen LogP contribution in [0.1, 0.15) is 49.4 Å². The van der Waals surface area contributed by atoms with Gasteiger partial charge in [0.25, 0.3) is 0 Å². The van der Waals surface area contributed by atoms with Crippen LogP contribution in [-0.4, -0.2) is 5.71 Å². The number of hydrogen-bond donors (Lipinski definition) is 0. The molecule has 154 valence electrons. The van der Waals surface area contributed by atoms with Gasteiger partial charge in [-0.25, -0.2) is 0 Å². The quantitative estimate of drug-likeness (QED) is 0.374. The second-order valence-corrected chi connectivity index (χ2v) is 9.36. The molecular weight excluding hydrogens is 386 g/mol. The molecule has 0 radical (unpaired) electrons. The van der Waals surface area contributed by atoms with E-state index in [-0.39, 0.29) is 5.41 Å². The molecule has 0 bridgehead atoms. The van der Waals surface area contributed by atoms with Crippen LogP contribution in [0, 0.1) is 5.92 Å². The highest BCUT2D eigenvalue weighted by molar-refractivity contribution is 6.31. The lowest BCUT2D eigenvalue weighted by Crippen LogP contribution is -2.37. The molecule has 0 unspecified atom stereocenters. The fourth-order valence-corrected chi connectivity index (χ4v) is 5.02. The summed E-state index contributed by atoms with van der Waals surface area (Å²) >= 11 is 6.82. The predicted molar refractivity (Wildman–Crippen MR) is 129 cm³/mol. The molecule has 1 aliphatic rings. The van der Waals surface area contributed by atoms with Gasteiger partial charge >= 0.3 is 0 Å². The van der Waals surface area contributed by atoms with E-state index in [9.17, 15) is 0 Å². The SMILES string of the molecule is CC1=Nc2ccc(Cl)c(CCC(C)C)c2C1(Cc1ccccc1)Cc1ccccc1. The lowest BCUT2D eigenvalue weighted by Gasteiger charge is -2.34. The maximum atomic E-state index is 6.82. The molecule has 0 aliphatic carbocycles. The first-order valence-corrected chi connectivity index (χ1v) is 11.3. The van der Waals surface area contributed by atoms with Crippen molar-refractivity contribution < 1.29 is 0 Å². The van der Waals surface area contributed by atoms with Crippen LogP contribution in [0.15, 0.2) is 77.8 Å². The Hall–Kier alpha value is -2.38. The number of halogens is 1. The zero-order valence-corrected chi connectivity index (χ0v) is 18.9. The van der Waals surface area contributed by atoms with Crippen molar-refractivity contribution in [3.05, 3.63) is 100 Å². The third kappa shape index (κ3) is 4.09. The highest BCUT2D eigenvalue weighted by Gasteiger charge is 2.43. The van der Waals surface area contributed by atoms with Crippen LogP contribution in [0.3, 0.4) is 0 Å². The number of aliphatic imine (C=N–C) groups is 1. The normalized spacial score (nSPS) is 14.6. The molecule has 3 aromatic carbocycles. The van der Waals surface area contributed by atoms with Gasteiger partial charge in [-0.05, 0) is 72.9 Å². The fraction of sp³-hybridized carbons (Fsp3) is 0.321. The summed E-state index contributed by atoms with van der Waals surface area (Å²) in [6.45, 7) is 6.76. The predicted octanol–water partition coefficient (Wildman–Crippen LogP) is 7.76. The van der Waals surface area contributed by atoms with E-state index in [0.29, 0.717) is 5.92 Å². The molecule has 0 saturated heterocycles. The molecule has 0 aromatic heterocycles. The Balaban J connectivity index is 1.88. The molecule has 1 aliphatic heterocycles. The van der Waals surface area contributed by atoms with Gasteiger partial charge in [0.2, 0.25) is 0 Å². The molecule has 0 saturated carbocycles. The zero-order valence-electron chi connectivity index (χ0n) is 18.2. The number of nitrogens with zero attached hydrogens (tertiary/aromatic N) is 1. The second kappa shape index (κ2) is 8.78. The van der Waals surface area contributed by atoms with Gasteiger partial charge in [0, 0.05) is 16.1 Å². The van der Waals surface area contributed by atoms with Crippen molar-refractivity contribution in [1.82, 2.24) is 0 Å². The van der Waals surface area contributed by atoms with Gasteiger partial charge < -0.3 is 0 Å². The molecule has 2 heteroatoms. The minimum absolute atomic E-state index is 0.171. The fourth-order valence-electron chi connectivity index (χ4n) is 4.77. The van der Waals surface area contributed by atoms with E-state index >= 15 is 0 Å². The van der Waals surface area contributed by atoms with Crippen LogP contribution >= 0.6 is 11.6 Å². The molecule has 0 fully saturated rings. The highest BCUT2D eigenvalue weighted by Crippen LogP contribution is 2.48. The van der Waals surface area contributed by atoms with E-state index in [0.717, 1.165) is 36.4 Å². The Bertz CT molecular complexity index is 993. The first-order valence-electron chi connectivity index (χ1n) is 10.9. The summed E-state index contributed by atoms with van der Waals surface area (Å²) in [6, 6.07) is 25.8. The van der Waals surface area contributed by atoms with E-state index in [1.54, 1.807) is 0 Å². The van der Waals surface area contributed by atoms with Crippen LogP contribution in [0.5, 0.6) is 0 Å². The molecule has 0 amide bonds. The summed E-state index contributed by atoms with van der Waals surface area (Å²) in [4.78, 5) is 5.08. The number of rotatable bonds is 7. The van der Waals surface area contributed by atoms with Crippen LogP contribution in [-0.2, 0) is 24.7 Å². The van der Waals surface area contributed by atoms with E-state index < -0.39 is 0 Å². The number of hydrogen-bond acceptors (Lipinski definition) is 1. The first kappa shape index (κ1) is 20.9. The van der Waals surface area contributed by atoms with Gasteiger partial charge in [0.15, 0.2) is 0 Å². The highest BCUT2D eigenvalue weighted by atomic mass is 35.5. The Labute approximate surface area is 185 Å². The van der Waals surface area contributed by atoms with Crippen molar-refractivity contribution in [2.24, 2.45) is 10.9 Å². The Kier molecular flexibility index (Phi) is 6.11. The maximum Gasteiger partial charge on any atom is 0.0674 e. The van der Waals surface area contributed by atoms with Crippen molar-refractivity contribution in [3.8, 4) is 0 Å². The lowest BCUT2D eigenvalue weighted by atomic mass is 9.67. The molecule has 0 atom stereocenters. The third-order valence-electron chi connectivity index (χ3n) is 6.36. The maximum absolute atomic E-state index is 6.82. The molecule has 1 heterocycles. The van der Waals surface area contributed by atoms with Crippen LogP contribution in [0.4, 0.5) is 5.69 Å². The summed E-state index contributed by atoms with van der Waals surface area (Å²) in [7, 11) is 0. The minimum atomic E-state index is -0.171. The van der Waals surface area contributed by atoms with Gasteiger partial charge in [-0.1, -0.05) is 86.1 Å². The van der Waals surface area contributed by atoms with Gasteiger partial charge in [0.05, 0.1) is 5.69 Å². The zero-order chi connectivity index (χ0) is 21.1. The van der Waals surface area contributed by atoms with Crippen molar-refractivity contribution in [3.63, 3.8) is 0 Å². The topological polar surface area (TPSA) is 12.4 Å². The minimum Gasteiger partial charge on any atom is -0.257 e. The van der Waals surface area contributed by atoms with Crippen molar-refractivity contribution in [2.45, 2.75) is 51.9 Å². The molecule has 0 N–H and O–H groups in total. The summed E-state index contributed by atoms with van der Waals surface area (Å²) in [5, 5.41) is 0.879. The number of fused-ring (bicyclic) bond motifs is 1. The summed E-state index contributed by atoms with van der Waals surface area (Å²) in [5.74, 6) is 0.637. The number of benzene rings is 3. The smallest absolute Gasteiger partial charge is 0.0674 e. The average Bonchev–Trinajstić information content (AvgIpc) is 3.00. The largest absolute Gasteiger partial charge is 0.257 e. The van der Waals surface area contributed by atoms with E-state index in [1.807, 2.05) is 6.07 Å². The third-order valence-corrected chi connectivity index (χ3v) is 6.72. The van der Waals surface area contributed by atoms with Crippen molar-refractivity contribution >= 4 is 23.0 Å². The molecule has 1 nitrogen and oxygen atoms in total. The molecule has 3 aromatic rings. The average molecular weight is 416 g/mol. The molecule has 4 rings (SSSR count). The van der Waals surface area contributed by atoms with E-state index in [4.69, 9.17) is 16.6 Å². The Morgan fingerprint density at radius 1 is 0.833 bits per heavy atom. The van der Waals surface area contributed by atoms with Crippen molar-refractivity contribution in [1.29, 1.82) is 0 Å². The molecular formula is C28H30ClN. The monoisotopic (exact) mass is 415 g/mol. The molecule has 30 heavy (non-hydrogen) atoms. The van der Waals surface area contributed by atoms with Crippen LogP contribution < -0.4 is 0 Å². The van der Waals surface area contributed by atoms with Crippen LogP contribution in [0.2, 0.25) is 5.02 Å². The summed E-state index contributed by atoms with van der Waals surface area (Å²) < 4.78 is 0. The van der Waals surface area contributed by atoms with E-state index in [1.165, 1.54) is 28.0 Å². The van der Waals surface area contributed by atoms with Crippen LogP contribution in [0.25, 0.3) is 0 Å². The lowest BCUT2D eigenvalue weighted by molar-refractivity contribution is 0.552. The first-order chi connectivity index (χ1) is 14.5. The Morgan fingerprint density at radius 3 is 1.93 bits per heavy atom. The van der Waals surface area contributed by atoms with Gasteiger partial charge in [-0.3, -0.25) is 4.99 Å². The Morgan fingerprint density at radius 2 is 1.40 bits per heavy atom. The summed E-state index contributed by atoms with van der Waals surface area (Å²) in [6.07, 6.45) is 3.98. The second-order valence-electron chi connectivity index (χ2n) is 8.96. The van der Waals surface area contributed by atoms with Crippen molar-refractivity contribution in [2.75, 3.05) is 0 Å². The molecule has 0 spiro atoms. The summed E-state index contributed by atoms with van der Waals surface area (Å²) in [5.41, 5.74) is 7.43. The van der Waals surface area contributed by atoms with E-state index in [2.05, 4.69) is 87.5 Å². The van der Waals surface area contributed by atoms with Gasteiger partial charge in [0.1, 0.15) is 0 Å².